The molecule has 2 heterocycles. The van der Waals surface area contributed by atoms with Crippen molar-refractivity contribution in [1.29, 1.82) is 0 Å². The number of rotatable bonds is 4. The van der Waals surface area contributed by atoms with Crippen LogP contribution >= 0.6 is 15.9 Å². The molecule has 1 aromatic heterocycles. The van der Waals surface area contributed by atoms with Crippen LogP contribution in [-0.4, -0.2) is 71.3 Å². The van der Waals surface area contributed by atoms with Crippen LogP contribution in [0.3, 0.4) is 0 Å². The first-order valence-electron chi connectivity index (χ1n) is 9.04. The summed E-state index contributed by atoms with van der Waals surface area (Å²) in [5, 5.41) is 11.0. The number of alkyl halides is 3. The number of aryl methyl sites for hydroxylation is 1. The molecule has 11 heteroatoms. The van der Waals surface area contributed by atoms with Gasteiger partial charge in [-0.2, -0.15) is 13.2 Å². The molecule has 30 heavy (non-hydrogen) atoms. The number of benzene rings is 1. The van der Waals surface area contributed by atoms with Crippen LogP contribution in [0.4, 0.5) is 13.2 Å². The van der Waals surface area contributed by atoms with Gasteiger partial charge in [-0.05, 0) is 25.6 Å². The van der Waals surface area contributed by atoms with Crippen LogP contribution in [0.5, 0.6) is 0 Å². The number of carbonyl (C=O) groups excluding carboxylic acids is 1. The predicted molar refractivity (Wildman–Crippen MR) is 106 cm³/mol. The third-order valence-corrected chi connectivity index (χ3v) is 4.99. The van der Waals surface area contributed by atoms with E-state index in [1.54, 1.807) is 6.20 Å². The van der Waals surface area contributed by atoms with Crippen LogP contribution in [-0.2, 0) is 16.0 Å². The second-order valence-corrected chi connectivity index (χ2v) is 7.59. The largest absolute Gasteiger partial charge is 0.490 e. The Morgan fingerprint density at radius 3 is 2.27 bits per heavy atom. The molecule has 1 aromatic carbocycles. The maximum absolute atomic E-state index is 12.3. The maximum Gasteiger partial charge on any atom is 0.490 e. The SMILES string of the molecule is CN1CCN(C(=O)CCc2cnoc2-c2ccc(Br)cc2)CC1.O=C(O)C(F)(F)F. The van der Waals surface area contributed by atoms with Gasteiger partial charge in [0, 0.05) is 48.2 Å². The summed E-state index contributed by atoms with van der Waals surface area (Å²) in [5.74, 6) is -1.79. The number of hydrogen-bond donors (Lipinski definition) is 1. The van der Waals surface area contributed by atoms with Gasteiger partial charge in [0.05, 0.1) is 6.20 Å². The van der Waals surface area contributed by atoms with Gasteiger partial charge < -0.3 is 19.4 Å². The van der Waals surface area contributed by atoms with Crippen molar-refractivity contribution in [3.8, 4) is 11.3 Å². The summed E-state index contributed by atoms with van der Waals surface area (Å²) in [6.07, 6.45) is -2.22. The molecule has 1 saturated heterocycles. The van der Waals surface area contributed by atoms with Crippen LogP contribution in [0.25, 0.3) is 11.3 Å². The number of likely N-dealkylation sites (N-methyl/N-ethyl adjacent to an activating group) is 1. The minimum absolute atomic E-state index is 0.209. The number of amides is 1. The van der Waals surface area contributed by atoms with Crippen molar-refractivity contribution < 1.29 is 32.4 Å². The van der Waals surface area contributed by atoms with Crippen LogP contribution in [0.2, 0.25) is 0 Å². The van der Waals surface area contributed by atoms with E-state index in [1.165, 1.54) is 0 Å². The van der Waals surface area contributed by atoms with Gasteiger partial charge in [-0.15, -0.1) is 0 Å². The van der Waals surface area contributed by atoms with Crippen molar-refractivity contribution in [2.45, 2.75) is 19.0 Å². The van der Waals surface area contributed by atoms with Gasteiger partial charge >= 0.3 is 12.1 Å². The van der Waals surface area contributed by atoms with E-state index in [0.29, 0.717) is 12.8 Å². The Morgan fingerprint density at radius 1 is 1.17 bits per heavy atom. The second-order valence-electron chi connectivity index (χ2n) is 6.67. The second kappa shape index (κ2) is 10.6. The molecule has 164 valence electrons. The molecule has 1 aliphatic heterocycles. The monoisotopic (exact) mass is 491 g/mol. The van der Waals surface area contributed by atoms with Crippen LogP contribution in [0.1, 0.15) is 12.0 Å². The van der Waals surface area contributed by atoms with Crippen molar-refractivity contribution in [3.05, 3.63) is 40.5 Å². The molecule has 1 amide bonds. The Bertz CT molecular complexity index is 847. The minimum Gasteiger partial charge on any atom is -0.475 e. The molecule has 1 aliphatic rings. The zero-order chi connectivity index (χ0) is 22.3. The quantitative estimate of drug-likeness (QED) is 0.704. The highest BCUT2D eigenvalue weighted by Crippen LogP contribution is 2.26. The van der Waals surface area contributed by atoms with Gasteiger partial charge in [0.25, 0.3) is 0 Å². The van der Waals surface area contributed by atoms with Gasteiger partial charge in [0.2, 0.25) is 5.91 Å². The highest BCUT2D eigenvalue weighted by Gasteiger charge is 2.38. The van der Waals surface area contributed by atoms with Gasteiger partial charge in [-0.1, -0.05) is 33.2 Å². The fourth-order valence-corrected chi connectivity index (χ4v) is 3.00. The van der Waals surface area contributed by atoms with E-state index in [1.807, 2.05) is 29.2 Å². The predicted octanol–water partition coefficient (Wildman–Crippen LogP) is 3.44. The number of aromatic nitrogens is 1. The Morgan fingerprint density at radius 2 is 1.73 bits per heavy atom. The molecule has 0 atom stereocenters. The normalized spacial score (nSPS) is 14.8. The summed E-state index contributed by atoms with van der Waals surface area (Å²) in [7, 11) is 2.09. The molecule has 1 fully saturated rings. The first-order valence-corrected chi connectivity index (χ1v) is 9.83. The van der Waals surface area contributed by atoms with E-state index < -0.39 is 12.1 Å². The van der Waals surface area contributed by atoms with E-state index >= 15 is 0 Å². The number of halogens is 4. The number of carboxylic acids is 1. The maximum atomic E-state index is 12.3. The Hall–Kier alpha value is -2.40. The standard InChI is InChI=1S/C17H20BrN3O2.C2HF3O2/c1-20-8-10-21(11-9-20)16(22)7-4-14-12-19-23-17(14)13-2-5-15(18)6-3-13;3-2(4,5)1(6)7/h2-3,5-6,12H,4,7-11H2,1H3;(H,6,7). The molecule has 3 rings (SSSR count). The highest BCUT2D eigenvalue weighted by molar-refractivity contribution is 9.10. The van der Waals surface area contributed by atoms with Crippen LogP contribution < -0.4 is 0 Å². The first-order chi connectivity index (χ1) is 14.1. The van der Waals surface area contributed by atoms with Crippen molar-refractivity contribution in [1.82, 2.24) is 15.0 Å². The average molecular weight is 492 g/mol. The van der Waals surface area contributed by atoms with E-state index in [4.69, 9.17) is 14.4 Å². The molecule has 0 saturated carbocycles. The number of carbonyl (C=O) groups is 2. The van der Waals surface area contributed by atoms with Crippen molar-refractivity contribution >= 4 is 27.8 Å². The fourth-order valence-electron chi connectivity index (χ4n) is 2.73. The first kappa shape index (κ1) is 23.9. The van der Waals surface area contributed by atoms with Crippen LogP contribution in [0.15, 0.2) is 39.5 Å². The third kappa shape index (κ3) is 7.13. The lowest BCUT2D eigenvalue weighted by Gasteiger charge is -2.32. The van der Waals surface area contributed by atoms with Crippen molar-refractivity contribution in [2.24, 2.45) is 0 Å². The molecule has 7 nitrogen and oxygen atoms in total. The van der Waals surface area contributed by atoms with Crippen LogP contribution in [0, 0.1) is 0 Å². The minimum atomic E-state index is -5.08. The van der Waals surface area contributed by atoms with E-state index in [-0.39, 0.29) is 5.91 Å². The average Bonchev–Trinajstić information content (AvgIpc) is 3.15. The highest BCUT2D eigenvalue weighted by atomic mass is 79.9. The van der Waals surface area contributed by atoms with Gasteiger partial charge in [0.1, 0.15) is 0 Å². The number of nitrogens with zero attached hydrogens (tertiary/aromatic N) is 3. The number of carboxylic acid groups (broad SMARTS) is 1. The fraction of sp³-hybridized carbons (Fsp3) is 0.421. The van der Waals surface area contributed by atoms with E-state index in [9.17, 15) is 18.0 Å². The molecule has 0 bridgehead atoms. The molecule has 0 unspecified atom stereocenters. The van der Waals surface area contributed by atoms with Crippen molar-refractivity contribution in [2.75, 3.05) is 33.2 Å². The van der Waals surface area contributed by atoms with Gasteiger partial charge in [-0.25, -0.2) is 4.79 Å². The molecule has 0 radical (unpaired) electrons. The topological polar surface area (TPSA) is 86.9 Å². The zero-order valence-electron chi connectivity index (χ0n) is 16.2. The van der Waals surface area contributed by atoms with E-state index in [2.05, 4.69) is 33.0 Å². The summed E-state index contributed by atoms with van der Waals surface area (Å²) < 4.78 is 38.1. The van der Waals surface area contributed by atoms with E-state index in [0.717, 1.165) is 47.5 Å². The molecular formula is C19H21BrF3N3O4. The summed E-state index contributed by atoms with van der Waals surface area (Å²) >= 11 is 3.43. The Labute approximate surface area is 179 Å². The summed E-state index contributed by atoms with van der Waals surface area (Å²) in [6, 6.07) is 7.90. The molecule has 0 aliphatic carbocycles. The van der Waals surface area contributed by atoms with Crippen molar-refractivity contribution in [3.63, 3.8) is 0 Å². The molecule has 1 N–H and O–H groups in total. The Balaban J connectivity index is 0.000000396. The third-order valence-electron chi connectivity index (χ3n) is 4.46. The molecule has 0 spiro atoms. The summed E-state index contributed by atoms with van der Waals surface area (Å²) in [4.78, 5) is 25.4. The summed E-state index contributed by atoms with van der Waals surface area (Å²) in [6.45, 7) is 3.53. The van der Waals surface area contributed by atoms with Gasteiger partial charge in [-0.3, -0.25) is 4.79 Å². The lowest BCUT2D eigenvalue weighted by molar-refractivity contribution is -0.192. The lowest BCUT2D eigenvalue weighted by atomic mass is 10.1. The number of aliphatic carboxylic acids is 1. The Kier molecular flexibility index (Phi) is 8.42. The molecular weight excluding hydrogens is 471 g/mol. The smallest absolute Gasteiger partial charge is 0.475 e. The molecule has 2 aromatic rings. The van der Waals surface area contributed by atoms with Gasteiger partial charge in [0.15, 0.2) is 5.76 Å². The summed E-state index contributed by atoms with van der Waals surface area (Å²) in [5.41, 5.74) is 1.96. The number of hydrogen-bond acceptors (Lipinski definition) is 5. The number of piperazine rings is 1. The zero-order valence-corrected chi connectivity index (χ0v) is 17.7. The lowest BCUT2D eigenvalue weighted by Crippen LogP contribution is -2.47.